The number of ether oxygens (including phenoxy) is 1. The minimum absolute atomic E-state index is 0.409. The van der Waals surface area contributed by atoms with Crippen LogP contribution in [0.3, 0.4) is 0 Å². The van der Waals surface area contributed by atoms with Crippen molar-refractivity contribution in [2.45, 2.75) is 33.8 Å². The van der Waals surface area contributed by atoms with Crippen LogP contribution in [-0.2, 0) is 20.1 Å². The molecule has 0 saturated heterocycles. The van der Waals surface area contributed by atoms with E-state index in [1.807, 2.05) is 37.7 Å². The molecule has 0 aliphatic rings. The third kappa shape index (κ3) is 3.42. The zero-order valence-electron chi connectivity index (χ0n) is 12.9. The number of benzene rings is 1. The van der Waals surface area contributed by atoms with Gasteiger partial charge in [0.05, 0.1) is 11.4 Å². The fraction of sp³-hybridized carbons (Fsp3) is 0.375. The molecule has 0 spiro atoms. The Morgan fingerprint density at radius 1 is 1.29 bits per heavy atom. The van der Waals surface area contributed by atoms with Gasteiger partial charge >= 0.3 is 0 Å². The van der Waals surface area contributed by atoms with Crippen molar-refractivity contribution in [1.29, 1.82) is 0 Å². The first-order valence-corrected chi connectivity index (χ1v) is 7.38. The van der Waals surface area contributed by atoms with Crippen molar-refractivity contribution in [2.24, 2.45) is 12.8 Å². The maximum atomic E-state index is 5.98. The smallest absolute Gasteiger partial charge is 0.130 e. The van der Waals surface area contributed by atoms with Gasteiger partial charge in [0.15, 0.2) is 0 Å². The molecule has 0 aliphatic carbocycles. The molecule has 4 nitrogen and oxygen atoms in total. The van der Waals surface area contributed by atoms with Crippen molar-refractivity contribution >= 4 is 17.2 Å². The summed E-state index contributed by atoms with van der Waals surface area (Å²) in [6.07, 6.45) is 0.925. The standard InChI is InChI=1S/C16H21N3OS/c1-5-13-8-14(19(4)18-13)9-20-15-10(2)6-12(16(17)21)7-11(15)3/h6-8H,5,9H2,1-4H3,(H2,17,21). The van der Waals surface area contributed by atoms with Gasteiger partial charge in [0.1, 0.15) is 17.3 Å². The van der Waals surface area contributed by atoms with E-state index in [1.165, 1.54) is 0 Å². The van der Waals surface area contributed by atoms with E-state index >= 15 is 0 Å². The molecule has 1 aromatic heterocycles. The molecule has 0 aliphatic heterocycles. The van der Waals surface area contributed by atoms with Gasteiger partial charge in [-0.05, 0) is 49.6 Å². The summed E-state index contributed by atoms with van der Waals surface area (Å²) in [6.45, 7) is 6.60. The van der Waals surface area contributed by atoms with E-state index in [4.69, 9.17) is 22.7 Å². The molecule has 0 atom stereocenters. The number of hydrogen-bond acceptors (Lipinski definition) is 3. The lowest BCUT2D eigenvalue weighted by Gasteiger charge is -2.13. The molecule has 0 saturated carbocycles. The highest BCUT2D eigenvalue weighted by Gasteiger charge is 2.10. The Hall–Kier alpha value is -1.88. The molecule has 0 unspecified atom stereocenters. The van der Waals surface area contributed by atoms with Crippen LogP contribution in [0.25, 0.3) is 0 Å². The maximum Gasteiger partial charge on any atom is 0.130 e. The van der Waals surface area contributed by atoms with E-state index in [9.17, 15) is 0 Å². The number of rotatable bonds is 5. The van der Waals surface area contributed by atoms with Crippen LogP contribution in [0.1, 0.15) is 35.0 Å². The topological polar surface area (TPSA) is 53.1 Å². The largest absolute Gasteiger partial charge is 0.487 e. The van der Waals surface area contributed by atoms with Gasteiger partial charge in [-0.25, -0.2) is 0 Å². The number of nitrogens with two attached hydrogens (primary N) is 1. The summed E-state index contributed by atoms with van der Waals surface area (Å²) in [5.74, 6) is 0.884. The lowest BCUT2D eigenvalue weighted by atomic mass is 10.1. The van der Waals surface area contributed by atoms with Crippen molar-refractivity contribution in [3.63, 3.8) is 0 Å². The maximum absolute atomic E-state index is 5.98. The molecule has 1 heterocycles. The summed E-state index contributed by atoms with van der Waals surface area (Å²) in [5.41, 5.74) is 10.8. The number of nitrogens with zero attached hydrogens (tertiary/aromatic N) is 2. The van der Waals surface area contributed by atoms with Crippen molar-refractivity contribution in [2.75, 3.05) is 0 Å². The third-order valence-corrected chi connectivity index (χ3v) is 3.73. The van der Waals surface area contributed by atoms with E-state index in [0.717, 1.165) is 40.2 Å². The predicted octanol–water partition coefficient (Wildman–Crippen LogP) is 2.81. The summed E-state index contributed by atoms with van der Waals surface area (Å²) in [7, 11) is 1.94. The Labute approximate surface area is 130 Å². The number of hydrogen-bond donors (Lipinski definition) is 1. The zero-order valence-corrected chi connectivity index (χ0v) is 13.8. The number of aryl methyl sites for hydroxylation is 4. The molecule has 0 amide bonds. The summed E-state index contributed by atoms with van der Waals surface area (Å²) < 4.78 is 7.85. The van der Waals surface area contributed by atoms with Crippen LogP contribution in [0.5, 0.6) is 5.75 Å². The highest BCUT2D eigenvalue weighted by atomic mass is 32.1. The Morgan fingerprint density at radius 3 is 2.38 bits per heavy atom. The van der Waals surface area contributed by atoms with Gasteiger partial charge in [0.2, 0.25) is 0 Å². The van der Waals surface area contributed by atoms with Crippen LogP contribution >= 0.6 is 12.2 Å². The van der Waals surface area contributed by atoms with Crippen molar-refractivity contribution in [1.82, 2.24) is 9.78 Å². The fourth-order valence-corrected chi connectivity index (χ4v) is 2.46. The molecule has 0 bridgehead atoms. The summed E-state index contributed by atoms with van der Waals surface area (Å²) in [4.78, 5) is 0.409. The fourth-order valence-electron chi connectivity index (χ4n) is 2.35. The van der Waals surface area contributed by atoms with E-state index in [2.05, 4.69) is 18.1 Å². The van der Waals surface area contributed by atoms with Gasteiger partial charge in [-0.2, -0.15) is 5.10 Å². The van der Waals surface area contributed by atoms with Gasteiger partial charge in [0.25, 0.3) is 0 Å². The third-order valence-electron chi connectivity index (χ3n) is 3.50. The second-order valence-corrected chi connectivity index (χ2v) is 5.64. The monoisotopic (exact) mass is 303 g/mol. The lowest BCUT2D eigenvalue weighted by molar-refractivity contribution is 0.291. The summed E-state index contributed by atoms with van der Waals surface area (Å²) in [6, 6.07) is 6.00. The minimum Gasteiger partial charge on any atom is -0.487 e. The Kier molecular flexibility index (Phi) is 4.63. The summed E-state index contributed by atoms with van der Waals surface area (Å²) >= 11 is 5.02. The van der Waals surface area contributed by atoms with Gasteiger partial charge < -0.3 is 10.5 Å². The van der Waals surface area contributed by atoms with Crippen LogP contribution in [0, 0.1) is 13.8 Å². The first-order chi connectivity index (χ1) is 9.92. The molecule has 2 rings (SSSR count). The van der Waals surface area contributed by atoms with Crippen LogP contribution in [0.15, 0.2) is 18.2 Å². The molecule has 112 valence electrons. The average molecular weight is 303 g/mol. The van der Waals surface area contributed by atoms with Gasteiger partial charge in [-0.1, -0.05) is 19.1 Å². The molecule has 2 aromatic rings. The molecule has 0 fully saturated rings. The van der Waals surface area contributed by atoms with E-state index in [1.54, 1.807) is 0 Å². The molecule has 5 heteroatoms. The van der Waals surface area contributed by atoms with Crippen LogP contribution in [-0.4, -0.2) is 14.8 Å². The van der Waals surface area contributed by atoms with Gasteiger partial charge in [0, 0.05) is 12.6 Å². The van der Waals surface area contributed by atoms with Gasteiger partial charge in [-0.3, -0.25) is 4.68 Å². The number of thiocarbonyl (C=S) groups is 1. The highest BCUT2D eigenvalue weighted by Crippen LogP contribution is 2.26. The average Bonchev–Trinajstić information content (AvgIpc) is 2.78. The van der Waals surface area contributed by atoms with Crippen molar-refractivity contribution in [3.05, 3.63) is 46.3 Å². The Balaban J connectivity index is 2.20. The SMILES string of the molecule is CCc1cc(COc2c(C)cc(C(N)=S)cc2C)n(C)n1. The molecule has 21 heavy (non-hydrogen) atoms. The first kappa shape index (κ1) is 15.5. The van der Waals surface area contributed by atoms with Crippen LogP contribution in [0.4, 0.5) is 0 Å². The quantitative estimate of drug-likeness (QED) is 0.863. The van der Waals surface area contributed by atoms with Crippen LogP contribution < -0.4 is 10.5 Å². The molecule has 2 N–H and O–H groups in total. The predicted molar refractivity (Wildman–Crippen MR) is 88.7 cm³/mol. The highest BCUT2D eigenvalue weighted by molar-refractivity contribution is 7.80. The second kappa shape index (κ2) is 6.26. The van der Waals surface area contributed by atoms with E-state index in [-0.39, 0.29) is 0 Å². The van der Waals surface area contributed by atoms with Gasteiger partial charge in [-0.15, -0.1) is 0 Å². The molecular weight excluding hydrogens is 282 g/mol. The Bertz CT molecular complexity index is 653. The van der Waals surface area contributed by atoms with Crippen LogP contribution in [0.2, 0.25) is 0 Å². The molecular formula is C16H21N3OS. The molecule has 0 radical (unpaired) electrons. The first-order valence-electron chi connectivity index (χ1n) is 6.98. The zero-order chi connectivity index (χ0) is 15.6. The lowest BCUT2D eigenvalue weighted by Crippen LogP contribution is -2.11. The van der Waals surface area contributed by atoms with E-state index < -0.39 is 0 Å². The van der Waals surface area contributed by atoms with Crippen molar-refractivity contribution in [3.8, 4) is 5.75 Å². The second-order valence-electron chi connectivity index (χ2n) is 5.20. The molecule has 1 aromatic carbocycles. The summed E-state index contributed by atoms with van der Waals surface area (Å²) in [5, 5.41) is 4.43. The Morgan fingerprint density at radius 2 is 1.90 bits per heavy atom. The normalized spacial score (nSPS) is 10.7. The van der Waals surface area contributed by atoms with Crippen molar-refractivity contribution < 1.29 is 4.74 Å². The van der Waals surface area contributed by atoms with E-state index in [0.29, 0.717) is 11.6 Å². The minimum atomic E-state index is 0.409. The number of aromatic nitrogens is 2.